The number of hydrogen-bond acceptors (Lipinski definition) is 3. The second-order valence-electron chi connectivity index (χ2n) is 10.3. The number of nitrogens with one attached hydrogen (secondary N) is 1. The maximum atomic E-state index is 13.8. The van der Waals surface area contributed by atoms with E-state index in [0.717, 1.165) is 47.9 Å². The van der Waals surface area contributed by atoms with Crippen molar-refractivity contribution in [3.63, 3.8) is 0 Å². The molecular formula is C32H37ClN2O3. The number of aryl methyl sites for hydroxylation is 2. The van der Waals surface area contributed by atoms with E-state index in [1.165, 1.54) is 6.42 Å². The van der Waals surface area contributed by atoms with Gasteiger partial charge in [-0.2, -0.15) is 0 Å². The van der Waals surface area contributed by atoms with Crippen molar-refractivity contribution < 1.29 is 14.3 Å². The number of ether oxygens (including phenoxy) is 1. The molecule has 6 heteroatoms. The van der Waals surface area contributed by atoms with Gasteiger partial charge >= 0.3 is 0 Å². The molecule has 2 amide bonds. The van der Waals surface area contributed by atoms with Gasteiger partial charge in [-0.1, -0.05) is 91.0 Å². The molecule has 1 N–H and O–H groups in total. The second kappa shape index (κ2) is 13.5. The average Bonchev–Trinajstić information content (AvgIpc) is 2.93. The average molecular weight is 533 g/mol. The molecule has 0 aliphatic heterocycles. The molecule has 0 radical (unpaired) electrons. The van der Waals surface area contributed by atoms with Gasteiger partial charge in [-0.05, 0) is 61.6 Å². The largest absolute Gasteiger partial charge is 0.484 e. The van der Waals surface area contributed by atoms with Crippen molar-refractivity contribution in [2.45, 2.75) is 71.0 Å². The van der Waals surface area contributed by atoms with Gasteiger partial charge in [0.05, 0.1) is 0 Å². The SMILES string of the molecule is Cc1ccc(CN(C(=O)COc2ccc(Cl)c(C)c2)[C@@H](Cc2ccccc2)C(=O)NC2CCCCC2)cc1. The van der Waals surface area contributed by atoms with E-state index < -0.39 is 6.04 Å². The van der Waals surface area contributed by atoms with Crippen molar-refractivity contribution in [3.8, 4) is 5.75 Å². The van der Waals surface area contributed by atoms with E-state index in [9.17, 15) is 9.59 Å². The predicted octanol–water partition coefficient (Wildman–Crippen LogP) is 6.42. The molecule has 0 saturated heterocycles. The molecule has 1 fully saturated rings. The topological polar surface area (TPSA) is 58.6 Å². The van der Waals surface area contributed by atoms with Gasteiger partial charge in [0.15, 0.2) is 6.61 Å². The van der Waals surface area contributed by atoms with Gasteiger partial charge in [0.2, 0.25) is 5.91 Å². The van der Waals surface area contributed by atoms with Gasteiger partial charge in [-0.25, -0.2) is 0 Å². The van der Waals surface area contributed by atoms with Crippen LogP contribution in [0.2, 0.25) is 5.02 Å². The van der Waals surface area contributed by atoms with Crippen molar-refractivity contribution in [1.82, 2.24) is 10.2 Å². The molecule has 5 nitrogen and oxygen atoms in total. The molecule has 3 aromatic rings. The minimum Gasteiger partial charge on any atom is -0.484 e. The number of nitrogens with zero attached hydrogens (tertiary/aromatic N) is 1. The summed E-state index contributed by atoms with van der Waals surface area (Å²) in [7, 11) is 0. The van der Waals surface area contributed by atoms with Crippen LogP contribution in [0.25, 0.3) is 0 Å². The van der Waals surface area contributed by atoms with E-state index in [2.05, 4.69) is 5.32 Å². The van der Waals surface area contributed by atoms with Gasteiger partial charge in [-0.3, -0.25) is 9.59 Å². The maximum absolute atomic E-state index is 13.8. The zero-order chi connectivity index (χ0) is 26.9. The number of benzene rings is 3. The van der Waals surface area contributed by atoms with Crippen molar-refractivity contribution in [2.75, 3.05) is 6.61 Å². The highest BCUT2D eigenvalue weighted by Gasteiger charge is 2.32. The summed E-state index contributed by atoms with van der Waals surface area (Å²) in [6, 6.07) is 22.8. The Bertz CT molecular complexity index is 1210. The summed E-state index contributed by atoms with van der Waals surface area (Å²) in [4.78, 5) is 29.2. The Kier molecular flexibility index (Phi) is 9.83. The fourth-order valence-corrected chi connectivity index (χ4v) is 5.04. The van der Waals surface area contributed by atoms with Crippen LogP contribution < -0.4 is 10.1 Å². The van der Waals surface area contributed by atoms with Gasteiger partial charge in [0.25, 0.3) is 5.91 Å². The third-order valence-corrected chi connectivity index (χ3v) is 7.61. The van der Waals surface area contributed by atoms with Crippen molar-refractivity contribution in [2.24, 2.45) is 0 Å². The Morgan fingerprint density at radius 3 is 2.34 bits per heavy atom. The molecule has 3 aromatic carbocycles. The van der Waals surface area contributed by atoms with E-state index >= 15 is 0 Å². The summed E-state index contributed by atoms with van der Waals surface area (Å²) in [5.74, 6) is 0.225. The lowest BCUT2D eigenvalue weighted by atomic mass is 9.94. The Labute approximate surface area is 231 Å². The number of hydrogen-bond donors (Lipinski definition) is 1. The van der Waals surface area contributed by atoms with Crippen molar-refractivity contribution in [3.05, 3.63) is 100 Å². The smallest absolute Gasteiger partial charge is 0.261 e. The summed E-state index contributed by atoms with van der Waals surface area (Å²) >= 11 is 6.15. The highest BCUT2D eigenvalue weighted by Crippen LogP contribution is 2.22. The lowest BCUT2D eigenvalue weighted by molar-refractivity contribution is -0.143. The minimum absolute atomic E-state index is 0.108. The fraction of sp³-hybridized carbons (Fsp3) is 0.375. The Balaban J connectivity index is 1.60. The third-order valence-electron chi connectivity index (χ3n) is 7.19. The van der Waals surface area contributed by atoms with Crippen molar-refractivity contribution in [1.29, 1.82) is 0 Å². The van der Waals surface area contributed by atoms with Crippen LogP contribution in [0.1, 0.15) is 54.4 Å². The zero-order valence-electron chi connectivity index (χ0n) is 22.3. The van der Waals surface area contributed by atoms with E-state index in [4.69, 9.17) is 16.3 Å². The minimum atomic E-state index is -0.663. The number of amides is 2. The molecule has 38 heavy (non-hydrogen) atoms. The van der Waals surface area contributed by atoms with Crippen LogP contribution in [0.4, 0.5) is 0 Å². The number of carbonyl (C=O) groups excluding carboxylic acids is 2. The first-order valence-corrected chi connectivity index (χ1v) is 13.8. The summed E-state index contributed by atoms with van der Waals surface area (Å²) in [6.07, 6.45) is 5.84. The molecule has 200 valence electrons. The van der Waals surface area contributed by atoms with E-state index in [0.29, 0.717) is 23.7 Å². The van der Waals surface area contributed by atoms with Crippen LogP contribution in [-0.2, 0) is 22.6 Å². The Morgan fingerprint density at radius 2 is 1.66 bits per heavy atom. The summed E-state index contributed by atoms with van der Waals surface area (Å²) in [6.45, 7) is 4.07. The summed E-state index contributed by atoms with van der Waals surface area (Å²) < 4.78 is 5.89. The quantitative estimate of drug-likeness (QED) is 0.327. The summed E-state index contributed by atoms with van der Waals surface area (Å²) in [5, 5.41) is 3.91. The second-order valence-corrected chi connectivity index (χ2v) is 10.7. The highest BCUT2D eigenvalue weighted by atomic mass is 35.5. The molecule has 0 unspecified atom stereocenters. The molecule has 4 rings (SSSR count). The molecule has 0 aromatic heterocycles. The number of carbonyl (C=O) groups is 2. The van der Waals surface area contributed by atoms with Crippen LogP contribution >= 0.6 is 11.6 Å². The van der Waals surface area contributed by atoms with E-state index in [1.807, 2.05) is 74.5 Å². The fourth-order valence-electron chi connectivity index (χ4n) is 4.92. The molecule has 1 atom stereocenters. The molecule has 0 bridgehead atoms. The molecule has 1 aliphatic rings. The lowest BCUT2D eigenvalue weighted by Gasteiger charge is -2.33. The Hall–Kier alpha value is -3.31. The third kappa shape index (κ3) is 7.84. The monoisotopic (exact) mass is 532 g/mol. The van der Waals surface area contributed by atoms with Gasteiger partial charge in [0.1, 0.15) is 11.8 Å². The Morgan fingerprint density at radius 1 is 0.947 bits per heavy atom. The standard InChI is InChI=1S/C32H37ClN2O3/c1-23-13-15-26(16-14-23)21-35(31(36)22-38-28-17-18-29(33)24(2)19-28)30(20-25-9-5-3-6-10-25)32(37)34-27-11-7-4-8-12-27/h3,5-6,9-10,13-19,27,30H,4,7-8,11-12,20-22H2,1-2H3,(H,34,37)/t30-/m0/s1. The van der Waals surface area contributed by atoms with Gasteiger partial charge < -0.3 is 15.0 Å². The van der Waals surface area contributed by atoms with E-state index in [1.54, 1.807) is 17.0 Å². The van der Waals surface area contributed by atoms with E-state index in [-0.39, 0.29) is 24.5 Å². The molecule has 0 heterocycles. The number of rotatable bonds is 10. The first-order chi connectivity index (χ1) is 18.4. The molecular weight excluding hydrogens is 496 g/mol. The van der Waals surface area contributed by atoms with Crippen LogP contribution in [0.15, 0.2) is 72.8 Å². The molecule has 1 aliphatic carbocycles. The first kappa shape index (κ1) is 27.7. The van der Waals surface area contributed by atoms with Crippen LogP contribution in [0.5, 0.6) is 5.75 Å². The van der Waals surface area contributed by atoms with Gasteiger partial charge in [-0.15, -0.1) is 0 Å². The van der Waals surface area contributed by atoms with Gasteiger partial charge in [0, 0.05) is 24.0 Å². The normalized spacial score (nSPS) is 14.5. The maximum Gasteiger partial charge on any atom is 0.261 e. The summed E-state index contributed by atoms with van der Waals surface area (Å²) in [5.41, 5.74) is 3.99. The predicted molar refractivity (Wildman–Crippen MR) is 152 cm³/mol. The molecule has 0 spiro atoms. The van der Waals surface area contributed by atoms with Crippen molar-refractivity contribution >= 4 is 23.4 Å². The number of halogens is 1. The van der Waals surface area contributed by atoms with Crippen LogP contribution in [0.3, 0.4) is 0 Å². The zero-order valence-corrected chi connectivity index (χ0v) is 23.0. The highest BCUT2D eigenvalue weighted by molar-refractivity contribution is 6.31. The first-order valence-electron chi connectivity index (χ1n) is 13.5. The lowest BCUT2D eigenvalue weighted by Crippen LogP contribution is -2.53. The van der Waals surface area contributed by atoms with Crippen LogP contribution in [0, 0.1) is 13.8 Å². The van der Waals surface area contributed by atoms with Crippen LogP contribution in [-0.4, -0.2) is 35.4 Å². The molecule has 1 saturated carbocycles.